The minimum absolute atomic E-state index is 0.122. The van der Waals surface area contributed by atoms with E-state index < -0.39 is 12.0 Å². The maximum Gasteiger partial charge on any atom is 0.305 e. The number of nitrogens with zero attached hydrogens (tertiary/aromatic N) is 1. The molecule has 1 saturated heterocycles. The van der Waals surface area contributed by atoms with Crippen molar-refractivity contribution in [3.63, 3.8) is 0 Å². The summed E-state index contributed by atoms with van der Waals surface area (Å²) < 4.78 is 5.59. The first-order valence-electron chi connectivity index (χ1n) is 7.45. The third kappa shape index (κ3) is 4.46. The molecule has 1 aliphatic rings. The number of aliphatic carboxylic acids is 1. The van der Waals surface area contributed by atoms with E-state index in [9.17, 15) is 9.59 Å². The van der Waals surface area contributed by atoms with Crippen LogP contribution in [0.1, 0.15) is 25.8 Å². The van der Waals surface area contributed by atoms with Gasteiger partial charge >= 0.3 is 5.97 Å². The molecule has 6 nitrogen and oxygen atoms in total. The van der Waals surface area contributed by atoms with E-state index in [0.717, 1.165) is 11.3 Å². The second kappa shape index (κ2) is 7.26. The molecule has 1 atom stereocenters. The van der Waals surface area contributed by atoms with Crippen LogP contribution in [0.3, 0.4) is 0 Å². The highest BCUT2D eigenvalue weighted by Crippen LogP contribution is 2.18. The van der Waals surface area contributed by atoms with Crippen LogP contribution < -0.4 is 10.1 Å². The third-order valence-corrected chi connectivity index (χ3v) is 3.49. The Bertz CT molecular complexity index is 527. The third-order valence-electron chi connectivity index (χ3n) is 3.49. The maximum absolute atomic E-state index is 11.9. The van der Waals surface area contributed by atoms with Crippen molar-refractivity contribution in [1.82, 2.24) is 10.2 Å². The van der Waals surface area contributed by atoms with Gasteiger partial charge in [0.2, 0.25) is 5.91 Å². The number of carbonyl (C=O) groups is 2. The van der Waals surface area contributed by atoms with Crippen molar-refractivity contribution < 1.29 is 19.4 Å². The van der Waals surface area contributed by atoms with Gasteiger partial charge in [-0.2, -0.15) is 0 Å². The van der Waals surface area contributed by atoms with Gasteiger partial charge in [0.1, 0.15) is 11.8 Å². The largest absolute Gasteiger partial charge is 0.491 e. The Morgan fingerprint density at radius 2 is 2.09 bits per heavy atom. The molecule has 120 valence electrons. The van der Waals surface area contributed by atoms with Gasteiger partial charge in [-0.3, -0.25) is 14.5 Å². The van der Waals surface area contributed by atoms with Crippen molar-refractivity contribution in [2.45, 2.75) is 39.0 Å². The Hall–Kier alpha value is -2.08. The number of carbonyl (C=O) groups excluding carboxylic acids is 1. The van der Waals surface area contributed by atoms with Crippen molar-refractivity contribution in [1.29, 1.82) is 0 Å². The second-order valence-electron chi connectivity index (χ2n) is 5.69. The lowest BCUT2D eigenvalue weighted by molar-refractivity contribution is -0.143. The number of amides is 1. The lowest BCUT2D eigenvalue weighted by Crippen LogP contribution is -2.55. The van der Waals surface area contributed by atoms with Gasteiger partial charge < -0.3 is 15.2 Å². The summed E-state index contributed by atoms with van der Waals surface area (Å²) >= 11 is 0. The van der Waals surface area contributed by atoms with Crippen LogP contribution in [0.4, 0.5) is 0 Å². The Morgan fingerprint density at radius 3 is 2.68 bits per heavy atom. The number of carboxylic acids is 1. The highest BCUT2D eigenvalue weighted by molar-refractivity contribution is 5.86. The van der Waals surface area contributed by atoms with E-state index in [1.807, 2.05) is 43.0 Å². The molecule has 0 bridgehead atoms. The number of hydrogen-bond donors (Lipinski definition) is 2. The molecule has 0 radical (unpaired) electrons. The van der Waals surface area contributed by atoms with Crippen molar-refractivity contribution in [3.05, 3.63) is 29.8 Å². The first-order chi connectivity index (χ1) is 10.5. The minimum Gasteiger partial charge on any atom is -0.491 e. The number of rotatable bonds is 6. The molecule has 0 aromatic heterocycles. The van der Waals surface area contributed by atoms with Crippen molar-refractivity contribution >= 4 is 11.9 Å². The Balaban J connectivity index is 2.03. The molecule has 1 fully saturated rings. The monoisotopic (exact) mass is 306 g/mol. The second-order valence-corrected chi connectivity index (χ2v) is 5.69. The number of nitrogens with one attached hydrogen (secondary N) is 1. The smallest absolute Gasteiger partial charge is 0.305 e. The molecule has 1 unspecified atom stereocenters. The molecule has 0 saturated carbocycles. The lowest BCUT2D eigenvalue weighted by atomic mass is 10.1. The van der Waals surface area contributed by atoms with E-state index in [-0.39, 0.29) is 18.4 Å². The summed E-state index contributed by atoms with van der Waals surface area (Å²) in [7, 11) is 0. The highest BCUT2D eigenvalue weighted by Gasteiger charge is 2.31. The van der Waals surface area contributed by atoms with Gasteiger partial charge in [-0.25, -0.2) is 0 Å². The van der Waals surface area contributed by atoms with Gasteiger partial charge in [0, 0.05) is 19.6 Å². The molecule has 1 aromatic rings. The van der Waals surface area contributed by atoms with Crippen LogP contribution in [0.15, 0.2) is 24.3 Å². The first-order valence-corrected chi connectivity index (χ1v) is 7.45. The average molecular weight is 306 g/mol. The Morgan fingerprint density at radius 1 is 1.41 bits per heavy atom. The van der Waals surface area contributed by atoms with Crippen LogP contribution in [0.25, 0.3) is 0 Å². The fourth-order valence-electron chi connectivity index (χ4n) is 2.52. The van der Waals surface area contributed by atoms with E-state index in [2.05, 4.69) is 5.32 Å². The number of piperazine rings is 1. The maximum atomic E-state index is 11.9. The predicted octanol–water partition coefficient (Wildman–Crippen LogP) is 1.25. The summed E-state index contributed by atoms with van der Waals surface area (Å²) in [6.07, 6.45) is -0.0583. The summed E-state index contributed by atoms with van der Waals surface area (Å²) in [4.78, 5) is 24.7. The first kappa shape index (κ1) is 16.3. The molecule has 22 heavy (non-hydrogen) atoms. The van der Waals surface area contributed by atoms with E-state index in [0.29, 0.717) is 19.6 Å². The lowest BCUT2D eigenvalue weighted by Gasteiger charge is -2.34. The van der Waals surface area contributed by atoms with Crippen LogP contribution in [0.5, 0.6) is 5.75 Å². The molecule has 1 aliphatic heterocycles. The molecule has 2 N–H and O–H groups in total. The van der Waals surface area contributed by atoms with Gasteiger partial charge in [0.05, 0.1) is 12.5 Å². The summed E-state index contributed by atoms with van der Waals surface area (Å²) in [6.45, 7) is 5.68. The normalized spacial score (nSPS) is 19.0. The van der Waals surface area contributed by atoms with Gasteiger partial charge in [0.15, 0.2) is 0 Å². The molecular formula is C16H22N2O4. The summed E-state index contributed by atoms with van der Waals surface area (Å²) in [5, 5.41) is 11.7. The number of ether oxygens (including phenoxy) is 1. The van der Waals surface area contributed by atoms with E-state index in [1.165, 1.54) is 0 Å². The van der Waals surface area contributed by atoms with Crippen molar-refractivity contribution in [2.75, 3.05) is 13.1 Å². The van der Waals surface area contributed by atoms with Crippen molar-refractivity contribution in [2.24, 2.45) is 0 Å². The van der Waals surface area contributed by atoms with Crippen LogP contribution in [-0.4, -0.2) is 47.1 Å². The molecule has 1 aromatic carbocycles. The zero-order chi connectivity index (χ0) is 16.1. The summed E-state index contributed by atoms with van der Waals surface area (Å²) in [6, 6.07) is 7.07. The Kier molecular flexibility index (Phi) is 5.38. The minimum atomic E-state index is -0.965. The zero-order valence-corrected chi connectivity index (χ0v) is 12.9. The fraction of sp³-hybridized carbons (Fsp3) is 0.500. The quantitative estimate of drug-likeness (QED) is 0.827. The summed E-state index contributed by atoms with van der Waals surface area (Å²) in [5.74, 6) is -0.377. The van der Waals surface area contributed by atoms with Crippen molar-refractivity contribution in [3.8, 4) is 5.75 Å². The number of benzene rings is 1. The molecule has 1 amide bonds. The van der Waals surface area contributed by atoms with E-state index >= 15 is 0 Å². The number of carboxylic acid groups (broad SMARTS) is 1. The molecule has 2 rings (SSSR count). The molecule has 0 aliphatic carbocycles. The van der Waals surface area contributed by atoms with Gasteiger partial charge in [-0.15, -0.1) is 0 Å². The topological polar surface area (TPSA) is 78.9 Å². The summed E-state index contributed by atoms with van der Waals surface area (Å²) in [5.41, 5.74) is 1.03. The zero-order valence-electron chi connectivity index (χ0n) is 12.9. The molecule has 1 heterocycles. The Labute approximate surface area is 130 Å². The predicted molar refractivity (Wildman–Crippen MR) is 81.7 cm³/mol. The number of hydrogen-bond acceptors (Lipinski definition) is 4. The van der Waals surface area contributed by atoms with Crippen LogP contribution in [-0.2, 0) is 16.1 Å². The van der Waals surface area contributed by atoms with E-state index in [4.69, 9.17) is 9.84 Å². The fourth-order valence-corrected chi connectivity index (χ4v) is 2.52. The van der Waals surface area contributed by atoms with Crippen LogP contribution in [0.2, 0.25) is 0 Å². The van der Waals surface area contributed by atoms with Gasteiger partial charge in [0.25, 0.3) is 0 Å². The highest BCUT2D eigenvalue weighted by atomic mass is 16.5. The molecule has 0 spiro atoms. The van der Waals surface area contributed by atoms with Gasteiger partial charge in [-0.05, 0) is 31.5 Å². The standard InChI is InChI=1S/C16H22N2O4/c1-11(2)22-13-5-3-12(4-6-13)10-18-8-7-17-16(21)14(18)9-15(19)20/h3-6,11,14H,7-10H2,1-2H3,(H,17,21)(H,19,20). The van der Waals surface area contributed by atoms with Crippen LogP contribution >= 0.6 is 0 Å². The molecule has 6 heteroatoms. The average Bonchev–Trinajstić information content (AvgIpc) is 2.44. The molecular weight excluding hydrogens is 284 g/mol. The van der Waals surface area contributed by atoms with Crippen LogP contribution in [0, 0.1) is 0 Å². The SMILES string of the molecule is CC(C)Oc1ccc(CN2CCNC(=O)C2CC(=O)O)cc1. The van der Waals surface area contributed by atoms with Gasteiger partial charge in [-0.1, -0.05) is 12.1 Å². The van der Waals surface area contributed by atoms with E-state index in [1.54, 1.807) is 0 Å².